The lowest BCUT2D eigenvalue weighted by atomic mass is 10.2. The lowest BCUT2D eigenvalue weighted by Crippen LogP contribution is -2.26. The van der Waals surface area contributed by atoms with Gasteiger partial charge in [0.05, 0.1) is 16.7 Å². The minimum atomic E-state index is -4.25. The Kier molecular flexibility index (Phi) is 7.98. The second-order valence-corrected chi connectivity index (χ2v) is 11.3. The fourth-order valence-electron chi connectivity index (χ4n) is 3.30. The summed E-state index contributed by atoms with van der Waals surface area (Å²) in [5, 5.41) is 6.07. The lowest BCUT2D eigenvalue weighted by molar-refractivity contribution is 0.483. The summed E-state index contributed by atoms with van der Waals surface area (Å²) in [4.78, 5) is 7.99. The van der Waals surface area contributed by atoms with Crippen LogP contribution in [0.5, 0.6) is 0 Å². The molecule has 1 aliphatic rings. The van der Waals surface area contributed by atoms with Crippen molar-refractivity contribution in [2.75, 3.05) is 30.3 Å². The molecule has 4 N–H and O–H groups in total. The minimum Gasteiger partial charge on any atom is -0.369 e. The van der Waals surface area contributed by atoms with Crippen LogP contribution in [0.25, 0.3) is 0 Å². The van der Waals surface area contributed by atoms with E-state index < -0.39 is 36.6 Å². The van der Waals surface area contributed by atoms with Gasteiger partial charge >= 0.3 is 0 Å². The minimum absolute atomic E-state index is 0.0736. The molecule has 4 bridgehead atoms. The van der Waals surface area contributed by atoms with Gasteiger partial charge in [-0.05, 0) is 36.8 Å². The molecular weight excluding hydrogens is 526 g/mol. The zero-order valence-corrected chi connectivity index (χ0v) is 20.9. The molecule has 3 aromatic rings. The van der Waals surface area contributed by atoms with Crippen LogP contribution in [-0.4, -0.2) is 46.4 Å². The number of hydrogen-bond donors (Lipinski definition) is 4. The van der Waals surface area contributed by atoms with Crippen LogP contribution in [0.3, 0.4) is 0 Å². The van der Waals surface area contributed by atoms with Crippen molar-refractivity contribution in [3.63, 3.8) is 0 Å². The molecule has 1 aliphatic heterocycles. The van der Waals surface area contributed by atoms with Crippen molar-refractivity contribution in [3.05, 3.63) is 65.9 Å². The van der Waals surface area contributed by atoms with Crippen LogP contribution in [0, 0.1) is 23.5 Å². The molecular formula is C23H22F2N6O4S2. The van der Waals surface area contributed by atoms with Crippen LogP contribution >= 0.6 is 0 Å². The van der Waals surface area contributed by atoms with Gasteiger partial charge in [0.2, 0.25) is 26.0 Å². The Morgan fingerprint density at radius 2 is 1.92 bits per heavy atom. The van der Waals surface area contributed by atoms with Crippen molar-refractivity contribution in [2.45, 2.75) is 22.6 Å². The SMILES string of the molecule is O=S1(=O)NCCCNc2nc(ncc2C#CCCNS(=O)(=O)c2cccc(F)c2F)Nc2cccc1c2. The molecule has 4 rings (SSSR count). The maximum atomic E-state index is 13.8. The molecule has 37 heavy (non-hydrogen) atoms. The van der Waals surface area contributed by atoms with E-state index in [4.69, 9.17) is 0 Å². The number of benzene rings is 2. The summed E-state index contributed by atoms with van der Waals surface area (Å²) in [6, 6.07) is 9.16. The predicted molar refractivity (Wildman–Crippen MR) is 133 cm³/mol. The van der Waals surface area contributed by atoms with Gasteiger partial charge in [-0.3, -0.25) is 0 Å². The van der Waals surface area contributed by atoms with E-state index in [1.54, 1.807) is 12.1 Å². The van der Waals surface area contributed by atoms with E-state index in [2.05, 4.69) is 41.9 Å². The first-order chi connectivity index (χ1) is 17.7. The number of hydrogen-bond acceptors (Lipinski definition) is 8. The third-order valence-electron chi connectivity index (χ3n) is 5.10. The fraction of sp³-hybridized carbons (Fsp3) is 0.217. The van der Waals surface area contributed by atoms with Gasteiger partial charge in [0.15, 0.2) is 11.6 Å². The van der Waals surface area contributed by atoms with E-state index in [0.717, 1.165) is 18.2 Å². The third-order valence-corrected chi connectivity index (χ3v) is 8.04. The van der Waals surface area contributed by atoms with E-state index in [1.165, 1.54) is 18.3 Å². The summed E-state index contributed by atoms with van der Waals surface area (Å²) < 4.78 is 81.3. The number of anilines is 3. The highest BCUT2D eigenvalue weighted by Crippen LogP contribution is 2.21. The van der Waals surface area contributed by atoms with Gasteiger partial charge in [-0.2, -0.15) is 4.98 Å². The summed E-state index contributed by atoms with van der Waals surface area (Å²) in [5.74, 6) is 3.60. The first-order valence-electron chi connectivity index (χ1n) is 11.1. The molecule has 14 heteroatoms. The Morgan fingerprint density at radius 1 is 1.11 bits per heavy atom. The maximum Gasteiger partial charge on any atom is 0.243 e. The molecule has 0 saturated carbocycles. The highest BCUT2D eigenvalue weighted by atomic mass is 32.2. The Morgan fingerprint density at radius 3 is 2.76 bits per heavy atom. The number of aromatic nitrogens is 2. The van der Waals surface area contributed by atoms with Gasteiger partial charge in [0, 0.05) is 31.7 Å². The van der Waals surface area contributed by atoms with Crippen molar-refractivity contribution >= 4 is 37.5 Å². The van der Waals surface area contributed by atoms with Gasteiger partial charge in [0.25, 0.3) is 0 Å². The van der Waals surface area contributed by atoms with Crippen LogP contribution in [0.1, 0.15) is 18.4 Å². The van der Waals surface area contributed by atoms with Gasteiger partial charge in [-0.15, -0.1) is 0 Å². The molecule has 0 unspecified atom stereocenters. The summed E-state index contributed by atoms with van der Waals surface area (Å²) >= 11 is 0. The topological polar surface area (TPSA) is 142 Å². The quantitative estimate of drug-likeness (QED) is 0.288. The smallest absolute Gasteiger partial charge is 0.243 e. The molecule has 0 fully saturated rings. The highest BCUT2D eigenvalue weighted by Gasteiger charge is 2.20. The molecule has 0 radical (unpaired) electrons. The average molecular weight is 549 g/mol. The van der Waals surface area contributed by atoms with Gasteiger partial charge < -0.3 is 10.6 Å². The van der Waals surface area contributed by atoms with Crippen LogP contribution in [0.15, 0.2) is 58.5 Å². The zero-order valence-electron chi connectivity index (χ0n) is 19.3. The summed E-state index contributed by atoms with van der Waals surface area (Å²) in [5.41, 5.74) is 0.919. The maximum absolute atomic E-state index is 13.8. The molecule has 0 atom stereocenters. The van der Waals surface area contributed by atoms with Gasteiger partial charge in [-0.1, -0.05) is 24.0 Å². The standard InChI is InChI=1S/C23H22F2N6O4S2/c24-19-9-4-10-20(21(19)25)37(34,35)29-12-2-1-6-16-15-27-23-30-17-7-3-8-18(14-17)36(32,33)28-13-5-11-26-22(16)31-23/h3-4,7-10,14-15,28-29H,2,5,11-13H2,(H2,26,27,30,31). The molecule has 194 valence electrons. The van der Waals surface area contributed by atoms with Gasteiger partial charge in [-0.25, -0.2) is 40.0 Å². The largest absolute Gasteiger partial charge is 0.369 e. The van der Waals surface area contributed by atoms with E-state index in [-0.39, 0.29) is 30.4 Å². The molecule has 0 saturated heterocycles. The first kappa shape index (κ1) is 26.4. The van der Waals surface area contributed by atoms with Crippen molar-refractivity contribution in [3.8, 4) is 11.8 Å². The van der Waals surface area contributed by atoms with E-state index >= 15 is 0 Å². The summed E-state index contributed by atoms with van der Waals surface area (Å²) in [7, 11) is -7.91. The molecule has 2 aromatic carbocycles. The van der Waals surface area contributed by atoms with Crippen molar-refractivity contribution in [1.29, 1.82) is 0 Å². The van der Waals surface area contributed by atoms with Crippen molar-refractivity contribution in [2.24, 2.45) is 0 Å². The molecule has 0 spiro atoms. The van der Waals surface area contributed by atoms with Crippen LogP contribution in [-0.2, 0) is 20.0 Å². The highest BCUT2D eigenvalue weighted by molar-refractivity contribution is 7.89. The monoisotopic (exact) mass is 548 g/mol. The Balaban J connectivity index is 1.47. The Labute approximate surface area is 213 Å². The second-order valence-electron chi connectivity index (χ2n) is 7.79. The number of halogens is 2. The summed E-state index contributed by atoms with van der Waals surface area (Å²) in [6.07, 6.45) is 2.02. The molecule has 0 aliphatic carbocycles. The number of rotatable bonds is 4. The van der Waals surface area contributed by atoms with E-state index in [0.29, 0.717) is 30.0 Å². The van der Waals surface area contributed by atoms with Crippen LogP contribution < -0.4 is 20.1 Å². The summed E-state index contributed by atoms with van der Waals surface area (Å²) in [6.45, 7) is 0.466. The molecule has 2 heterocycles. The molecule has 1 aromatic heterocycles. The van der Waals surface area contributed by atoms with Crippen LogP contribution in [0.2, 0.25) is 0 Å². The number of nitrogens with one attached hydrogen (secondary N) is 4. The number of fused-ring (bicyclic) bond motifs is 4. The number of nitrogens with zero attached hydrogens (tertiary/aromatic N) is 2. The molecule has 10 nitrogen and oxygen atoms in total. The van der Waals surface area contributed by atoms with Gasteiger partial charge in [0.1, 0.15) is 10.7 Å². The Bertz CT molecular complexity index is 1590. The lowest BCUT2D eigenvalue weighted by Gasteiger charge is -2.10. The fourth-order valence-corrected chi connectivity index (χ4v) is 5.54. The van der Waals surface area contributed by atoms with Crippen molar-refractivity contribution < 1.29 is 25.6 Å². The van der Waals surface area contributed by atoms with Crippen LogP contribution in [0.4, 0.5) is 26.2 Å². The average Bonchev–Trinajstić information content (AvgIpc) is 2.86. The number of sulfonamides is 2. The van der Waals surface area contributed by atoms with E-state index in [1.807, 2.05) is 0 Å². The normalized spacial score (nSPS) is 15.0. The predicted octanol–water partition coefficient (Wildman–Crippen LogP) is 2.31. The molecule has 0 amide bonds. The second kappa shape index (κ2) is 11.2. The third kappa shape index (κ3) is 6.57. The van der Waals surface area contributed by atoms with Crippen molar-refractivity contribution in [1.82, 2.24) is 19.4 Å². The van der Waals surface area contributed by atoms with E-state index in [9.17, 15) is 25.6 Å². The Hall–Kier alpha value is -3.64. The first-order valence-corrected chi connectivity index (χ1v) is 14.0. The zero-order chi connectivity index (χ0) is 26.5.